The monoisotopic (exact) mass is 302 g/mol. The van der Waals surface area contributed by atoms with Gasteiger partial charge in [-0.05, 0) is 24.3 Å². The van der Waals surface area contributed by atoms with Gasteiger partial charge in [0.1, 0.15) is 24.6 Å². The molecule has 94 valence electrons. The van der Waals surface area contributed by atoms with Crippen LogP contribution in [0.1, 0.15) is 0 Å². The lowest BCUT2D eigenvalue weighted by atomic mass is 10.3. The second kappa shape index (κ2) is 6.35. The zero-order valence-corrected chi connectivity index (χ0v) is 10.9. The summed E-state index contributed by atoms with van der Waals surface area (Å²) >= 11 is 3.34. The molecule has 0 aliphatic carbocycles. The molecular formula is C12H15BrO4. The summed E-state index contributed by atoms with van der Waals surface area (Å²) in [5, 5.41) is 9.60. The maximum atomic E-state index is 9.60. The van der Waals surface area contributed by atoms with E-state index in [0.29, 0.717) is 6.61 Å². The van der Waals surface area contributed by atoms with E-state index < -0.39 is 6.10 Å². The molecule has 1 N–H and O–H groups in total. The van der Waals surface area contributed by atoms with Crippen molar-refractivity contribution in [3.63, 3.8) is 0 Å². The van der Waals surface area contributed by atoms with Gasteiger partial charge in [-0.3, -0.25) is 0 Å². The Hall–Kier alpha value is -0.620. The molecule has 0 amide bonds. The number of rotatable bonds is 7. The molecule has 0 spiro atoms. The van der Waals surface area contributed by atoms with Crippen molar-refractivity contribution < 1.29 is 19.3 Å². The van der Waals surface area contributed by atoms with Crippen molar-refractivity contribution in [3.8, 4) is 5.75 Å². The van der Waals surface area contributed by atoms with Gasteiger partial charge in [-0.2, -0.15) is 0 Å². The van der Waals surface area contributed by atoms with Crippen LogP contribution in [0.4, 0.5) is 0 Å². The molecule has 1 aliphatic rings. The van der Waals surface area contributed by atoms with E-state index in [0.717, 1.165) is 16.8 Å². The number of halogens is 1. The van der Waals surface area contributed by atoms with E-state index in [1.165, 1.54) is 0 Å². The van der Waals surface area contributed by atoms with Crippen LogP contribution in [0.25, 0.3) is 0 Å². The fourth-order valence-electron chi connectivity index (χ4n) is 1.27. The molecule has 2 rings (SSSR count). The maximum Gasteiger partial charge on any atom is 0.119 e. The number of benzene rings is 1. The molecule has 1 aromatic carbocycles. The van der Waals surface area contributed by atoms with E-state index in [1.807, 2.05) is 24.3 Å². The van der Waals surface area contributed by atoms with E-state index in [2.05, 4.69) is 15.9 Å². The van der Waals surface area contributed by atoms with Gasteiger partial charge in [0.15, 0.2) is 0 Å². The van der Waals surface area contributed by atoms with Gasteiger partial charge >= 0.3 is 0 Å². The van der Waals surface area contributed by atoms with Gasteiger partial charge < -0.3 is 19.3 Å². The van der Waals surface area contributed by atoms with E-state index in [9.17, 15) is 5.11 Å². The fourth-order valence-corrected chi connectivity index (χ4v) is 1.54. The molecule has 5 heteroatoms. The Kier molecular flexibility index (Phi) is 4.79. The molecule has 0 saturated carbocycles. The van der Waals surface area contributed by atoms with E-state index in [-0.39, 0.29) is 19.3 Å². The largest absolute Gasteiger partial charge is 0.491 e. The molecule has 1 aromatic rings. The normalized spacial score (nSPS) is 20.0. The topological polar surface area (TPSA) is 51.2 Å². The van der Waals surface area contributed by atoms with Gasteiger partial charge in [-0.1, -0.05) is 15.9 Å². The third-order valence-corrected chi connectivity index (χ3v) is 2.80. The van der Waals surface area contributed by atoms with Crippen LogP contribution in [0.3, 0.4) is 0 Å². The molecule has 4 nitrogen and oxygen atoms in total. The Morgan fingerprint density at radius 3 is 2.71 bits per heavy atom. The summed E-state index contributed by atoms with van der Waals surface area (Å²) in [4.78, 5) is 0. The minimum Gasteiger partial charge on any atom is -0.491 e. The van der Waals surface area contributed by atoms with Crippen LogP contribution < -0.4 is 4.74 Å². The second-order valence-corrected chi connectivity index (χ2v) is 4.83. The van der Waals surface area contributed by atoms with Gasteiger partial charge in [0.25, 0.3) is 0 Å². The van der Waals surface area contributed by atoms with Crippen LogP contribution in [-0.4, -0.2) is 43.7 Å². The van der Waals surface area contributed by atoms with Crippen LogP contribution in [0.5, 0.6) is 5.75 Å². The smallest absolute Gasteiger partial charge is 0.119 e. The third-order valence-electron chi connectivity index (χ3n) is 2.27. The number of hydrogen-bond acceptors (Lipinski definition) is 4. The molecular weight excluding hydrogens is 288 g/mol. The second-order valence-electron chi connectivity index (χ2n) is 3.91. The van der Waals surface area contributed by atoms with Crippen molar-refractivity contribution in [1.29, 1.82) is 0 Å². The molecule has 0 bridgehead atoms. The molecule has 1 heterocycles. The van der Waals surface area contributed by atoms with Crippen molar-refractivity contribution in [2.75, 3.05) is 26.4 Å². The quantitative estimate of drug-likeness (QED) is 0.778. The van der Waals surface area contributed by atoms with Gasteiger partial charge in [0.2, 0.25) is 0 Å². The maximum absolute atomic E-state index is 9.60. The van der Waals surface area contributed by atoms with Crippen molar-refractivity contribution in [2.24, 2.45) is 0 Å². The number of ether oxygens (including phenoxy) is 3. The average Bonchev–Trinajstić information content (AvgIpc) is 3.12. The molecule has 1 aliphatic heterocycles. The van der Waals surface area contributed by atoms with Crippen molar-refractivity contribution in [1.82, 2.24) is 0 Å². The van der Waals surface area contributed by atoms with Gasteiger partial charge in [-0.25, -0.2) is 0 Å². The number of aliphatic hydroxyl groups is 1. The lowest BCUT2D eigenvalue weighted by Crippen LogP contribution is -2.24. The summed E-state index contributed by atoms with van der Waals surface area (Å²) in [6.45, 7) is 1.82. The van der Waals surface area contributed by atoms with Crippen LogP contribution >= 0.6 is 15.9 Å². The van der Waals surface area contributed by atoms with Gasteiger partial charge in [-0.15, -0.1) is 0 Å². The van der Waals surface area contributed by atoms with Crippen LogP contribution in [0.2, 0.25) is 0 Å². The van der Waals surface area contributed by atoms with E-state index >= 15 is 0 Å². The molecule has 17 heavy (non-hydrogen) atoms. The Morgan fingerprint density at radius 1 is 1.35 bits per heavy atom. The number of aliphatic hydroxyl groups excluding tert-OH is 1. The van der Waals surface area contributed by atoms with Crippen molar-refractivity contribution >= 4 is 15.9 Å². The van der Waals surface area contributed by atoms with Crippen LogP contribution in [-0.2, 0) is 9.47 Å². The highest BCUT2D eigenvalue weighted by Crippen LogP contribution is 2.16. The Labute approximate surface area is 109 Å². The minimum atomic E-state index is -0.614. The van der Waals surface area contributed by atoms with Crippen molar-refractivity contribution in [3.05, 3.63) is 28.7 Å². The fraction of sp³-hybridized carbons (Fsp3) is 0.500. The predicted octanol–water partition coefficient (Wildman–Crippen LogP) is 1.60. The first-order valence-corrected chi connectivity index (χ1v) is 6.29. The Morgan fingerprint density at radius 2 is 2.06 bits per heavy atom. The average molecular weight is 303 g/mol. The van der Waals surface area contributed by atoms with E-state index in [4.69, 9.17) is 14.2 Å². The number of epoxide rings is 1. The summed E-state index contributed by atoms with van der Waals surface area (Å²) in [5.74, 6) is 0.734. The molecule has 1 saturated heterocycles. The lowest BCUT2D eigenvalue weighted by Gasteiger charge is -2.12. The standard InChI is InChI=1S/C12H15BrO4/c13-9-1-3-11(4-2-9)16-6-10(14)5-15-7-12-8-17-12/h1-4,10,12,14H,5-8H2/t10-,12?/m0/s1. The summed E-state index contributed by atoms with van der Waals surface area (Å²) in [7, 11) is 0. The first-order chi connectivity index (χ1) is 8.24. The number of hydrogen-bond donors (Lipinski definition) is 1. The highest BCUT2D eigenvalue weighted by atomic mass is 79.9. The zero-order valence-electron chi connectivity index (χ0n) is 9.34. The zero-order chi connectivity index (χ0) is 12.1. The minimum absolute atomic E-state index is 0.229. The summed E-state index contributed by atoms with van der Waals surface area (Å²) in [6.07, 6.45) is -0.382. The molecule has 2 atom stereocenters. The van der Waals surface area contributed by atoms with Crippen molar-refractivity contribution in [2.45, 2.75) is 12.2 Å². The third kappa shape index (κ3) is 5.04. The SMILES string of the molecule is O[C@@H](COCC1CO1)COc1ccc(Br)cc1. The first-order valence-electron chi connectivity index (χ1n) is 5.50. The highest BCUT2D eigenvalue weighted by molar-refractivity contribution is 9.10. The first kappa shape index (κ1) is 12.8. The Balaban J connectivity index is 1.60. The summed E-state index contributed by atoms with van der Waals surface area (Å²) < 4.78 is 16.7. The molecule has 0 aromatic heterocycles. The summed E-state index contributed by atoms with van der Waals surface area (Å²) in [5.41, 5.74) is 0. The summed E-state index contributed by atoms with van der Waals surface area (Å²) in [6, 6.07) is 7.47. The molecule has 1 fully saturated rings. The Bertz CT molecular complexity index is 337. The van der Waals surface area contributed by atoms with Gasteiger partial charge in [0, 0.05) is 4.47 Å². The van der Waals surface area contributed by atoms with E-state index in [1.54, 1.807) is 0 Å². The molecule has 0 radical (unpaired) electrons. The highest BCUT2D eigenvalue weighted by Gasteiger charge is 2.22. The van der Waals surface area contributed by atoms with Crippen LogP contribution in [0.15, 0.2) is 28.7 Å². The molecule has 1 unspecified atom stereocenters. The predicted molar refractivity (Wildman–Crippen MR) is 66.2 cm³/mol. The van der Waals surface area contributed by atoms with Crippen LogP contribution in [0, 0.1) is 0 Å². The van der Waals surface area contributed by atoms with Gasteiger partial charge in [0.05, 0.1) is 19.8 Å². The lowest BCUT2D eigenvalue weighted by molar-refractivity contribution is 0.00761.